The summed E-state index contributed by atoms with van der Waals surface area (Å²) in [5, 5.41) is 10.0. The van der Waals surface area contributed by atoms with Crippen LogP contribution in [0.15, 0.2) is 30.3 Å². The number of nitro groups is 1. The number of rotatable bonds is 1. The third-order valence-electron chi connectivity index (χ3n) is 0.967. The average molecular weight is 163 g/mol. The summed E-state index contributed by atoms with van der Waals surface area (Å²) in [4.78, 5) is 9.59. The van der Waals surface area contributed by atoms with Crippen LogP contribution in [-0.4, -0.2) is 42.7 Å². The van der Waals surface area contributed by atoms with Gasteiger partial charge in [0.15, 0.2) is 0 Å². The Morgan fingerprint density at radius 3 is 2.00 bits per heavy atom. The summed E-state index contributed by atoms with van der Waals surface area (Å²) >= 11 is 0. The molecular weight excluding hydrogens is 158 g/mol. The summed E-state index contributed by atoms with van der Waals surface area (Å²) in [6.45, 7) is 0. The Hall–Kier alpha value is -0.120. The molecule has 0 bridgehead atoms. The topological polar surface area (TPSA) is 43.1 Å². The van der Waals surface area contributed by atoms with Crippen LogP contribution in [0, 0.1) is 10.1 Å². The molecule has 0 unspecified atom stereocenters. The van der Waals surface area contributed by atoms with Crippen LogP contribution >= 0.6 is 0 Å². The molecule has 10 heavy (non-hydrogen) atoms. The van der Waals surface area contributed by atoms with Crippen molar-refractivity contribution in [3.8, 4) is 0 Å². The van der Waals surface area contributed by atoms with Gasteiger partial charge in [0.25, 0.3) is 5.69 Å². The fourth-order valence-electron chi connectivity index (χ4n) is 0.550. The van der Waals surface area contributed by atoms with Crippen molar-refractivity contribution in [3.05, 3.63) is 40.4 Å². The fourth-order valence-corrected chi connectivity index (χ4v) is 0.550. The van der Waals surface area contributed by atoms with E-state index in [1.165, 1.54) is 12.1 Å². The first-order chi connectivity index (χ1) is 4.30. The molecule has 3 nitrogen and oxygen atoms in total. The first kappa shape index (κ1) is 9.88. The van der Waals surface area contributed by atoms with Crippen molar-refractivity contribution < 1.29 is 4.92 Å². The normalized spacial score (nSPS) is 8.00. The van der Waals surface area contributed by atoms with Crippen molar-refractivity contribution in [2.24, 2.45) is 0 Å². The molecule has 0 aliphatic heterocycles. The number of hydrogen-bond donors (Lipinski definition) is 0. The molecule has 0 aliphatic rings. The van der Waals surface area contributed by atoms with Crippen LogP contribution < -0.4 is 0 Å². The Morgan fingerprint density at radius 2 is 1.70 bits per heavy atom. The molecule has 0 N–H and O–H groups in total. The average Bonchev–Trinajstić information content (AvgIpc) is 1.90. The molecule has 0 spiro atoms. The van der Waals surface area contributed by atoms with Gasteiger partial charge < -0.3 is 0 Å². The van der Waals surface area contributed by atoms with Gasteiger partial charge in [0.1, 0.15) is 0 Å². The van der Waals surface area contributed by atoms with Crippen LogP contribution in [-0.2, 0) is 0 Å². The quantitative estimate of drug-likeness (QED) is 0.355. The molecule has 4 heteroatoms. The molecule has 0 aromatic heterocycles. The standard InChI is InChI=1S/C6H5NO2.Ca/c8-7(9)6-4-2-1-3-5-6;/h1-5H;/q;+2. The van der Waals surface area contributed by atoms with Crippen LogP contribution in [0.4, 0.5) is 5.69 Å². The molecule has 1 rings (SSSR count). The zero-order valence-corrected chi connectivity index (χ0v) is 7.57. The zero-order chi connectivity index (χ0) is 6.69. The van der Waals surface area contributed by atoms with E-state index in [1.807, 2.05) is 0 Å². The monoisotopic (exact) mass is 163 g/mol. The molecule has 0 fully saturated rings. The van der Waals surface area contributed by atoms with Crippen LogP contribution in [0.5, 0.6) is 0 Å². The second-order valence-electron chi connectivity index (χ2n) is 1.59. The Bertz CT molecular complexity index is 212. The molecule has 46 valence electrons. The van der Waals surface area contributed by atoms with Gasteiger partial charge in [0, 0.05) is 12.1 Å². The predicted molar refractivity (Wildman–Crippen MR) is 38.9 cm³/mol. The van der Waals surface area contributed by atoms with E-state index in [2.05, 4.69) is 0 Å². The van der Waals surface area contributed by atoms with E-state index < -0.39 is 4.92 Å². The number of nitro benzene ring substituents is 1. The summed E-state index contributed by atoms with van der Waals surface area (Å²) in [7, 11) is 0. The van der Waals surface area contributed by atoms with Crippen LogP contribution in [0.25, 0.3) is 0 Å². The zero-order valence-electron chi connectivity index (χ0n) is 5.36. The summed E-state index contributed by atoms with van der Waals surface area (Å²) in [5.41, 5.74) is 0.137. The summed E-state index contributed by atoms with van der Waals surface area (Å²) < 4.78 is 0. The number of hydrogen-bond acceptors (Lipinski definition) is 2. The van der Waals surface area contributed by atoms with E-state index in [1.54, 1.807) is 18.2 Å². The van der Waals surface area contributed by atoms with Gasteiger partial charge in [-0.15, -0.1) is 0 Å². The second-order valence-corrected chi connectivity index (χ2v) is 1.59. The van der Waals surface area contributed by atoms with Crippen molar-refractivity contribution in [3.63, 3.8) is 0 Å². The van der Waals surface area contributed by atoms with Gasteiger partial charge in [-0.25, -0.2) is 0 Å². The van der Waals surface area contributed by atoms with E-state index in [9.17, 15) is 10.1 Å². The Labute approximate surface area is 88.2 Å². The van der Waals surface area contributed by atoms with Crippen molar-refractivity contribution in [1.29, 1.82) is 0 Å². The maximum Gasteiger partial charge on any atom is 2.00 e. The smallest absolute Gasteiger partial charge is 0.258 e. The number of benzene rings is 1. The fraction of sp³-hybridized carbons (Fsp3) is 0. The van der Waals surface area contributed by atoms with Crippen molar-refractivity contribution in [2.75, 3.05) is 0 Å². The van der Waals surface area contributed by atoms with Crippen LogP contribution in [0.3, 0.4) is 0 Å². The molecular formula is C6H5CaNO2+2. The minimum atomic E-state index is -0.417. The molecule has 0 saturated heterocycles. The van der Waals surface area contributed by atoms with Gasteiger partial charge in [0.2, 0.25) is 0 Å². The molecule has 0 amide bonds. The minimum Gasteiger partial charge on any atom is -0.258 e. The second kappa shape index (κ2) is 4.66. The van der Waals surface area contributed by atoms with Gasteiger partial charge in [-0.05, 0) is 0 Å². The summed E-state index contributed by atoms with van der Waals surface area (Å²) in [5.74, 6) is 0. The van der Waals surface area contributed by atoms with E-state index in [0.717, 1.165) is 0 Å². The number of para-hydroxylation sites is 1. The SMILES string of the molecule is O=[N+]([O-])c1ccccc1.[Ca+2]. The van der Waals surface area contributed by atoms with E-state index in [-0.39, 0.29) is 43.4 Å². The van der Waals surface area contributed by atoms with E-state index >= 15 is 0 Å². The molecule has 0 radical (unpaired) electrons. The molecule has 0 atom stereocenters. The van der Waals surface area contributed by atoms with E-state index in [0.29, 0.717) is 0 Å². The summed E-state index contributed by atoms with van der Waals surface area (Å²) in [6.07, 6.45) is 0. The van der Waals surface area contributed by atoms with Gasteiger partial charge in [-0.1, -0.05) is 18.2 Å². The summed E-state index contributed by atoms with van der Waals surface area (Å²) in [6, 6.07) is 7.93. The Balaban J connectivity index is 0.000000810. The molecule has 1 aromatic rings. The van der Waals surface area contributed by atoms with Gasteiger partial charge in [-0.3, -0.25) is 10.1 Å². The van der Waals surface area contributed by atoms with Crippen molar-refractivity contribution in [2.45, 2.75) is 0 Å². The molecule has 0 heterocycles. The van der Waals surface area contributed by atoms with Gasteiger partial charge in [-0.2, -0.15) is 0 Å². The van der Waals surface area contributed by atoms with E-state index in [4.69, 9.17) is 0 Å². The van der Waals surface area contributed by atoms with Crippen molar-refractivity contribution >= 4 is 43.4 Å². The maximum absolute atomic E-state index is 10.0. The first-order valence-electron chi connectivity index (χ1n) is 2.50. The van der Waals surface area contributed by atoms with Gasteiger partial charge in [0.05, 0.1) is 4.92 Å². The first-order valence-corrected chi connectivity index (χ1v) is 2.50. The maximum atomic E-state index is 10.0. The Morgan fingerprint density at radius 1 is 1.20 bits per heavy atom. The molecule has 0 saturated carbocycles. The minimum absolute atomic E-state index is 0. The largest absolute Gasteiger partial charge is 2.00 e. The number of non-ortho nitro benzene ring substituents is 1. The molecule has 1 aromatic carbocycles. The van der Waals surface area contributed by atoms with Crippen LogP contribution in [0.1, 0.15) is 0 Å². The van der Waals surface area contributed by atoms with Crippen molar-refractivity contribution in [1.82, 2.24) is 0 Å². The molecule has 0 aliphatic carbocycles. The third-order valence-corrected chi connectivity index (χ3v) is 0.967. The third kappa shape index (κ3) is 2.64. The predicted octanol–water partition coefficient (Wildman–Crippen LogP) is 1.21. The van der Waals surface area contributed by atoms with Crippen LogP contribution in [0.2, 0.25) is 0 Å². The van der Waals surface area contributed by atoms with Gasteiger partial charge >= 0.3 is 37.7 Å². The Kier molecular flexibility index (Phi) is 4.60. The number of nitrogens with zero attached hydrogens (tertiary/aromatic N) is 1.